The lowest BCUT2D eigenvalue weighted by Gasteiger charge is -2.38. The number of unbranched alkanes of at least 4 members (excludes halogenated alkanes) is 2. The monoisotopic (exact) mass is 714 g/mol. The first-order valence-corrected chi connectivity index (χ1v) is 20.4. The molecular formula is C46H66O6. The minimum atomic E-state index is -0.664. The Hall–Kier alpha value is -3.22. The third-order valence-electron chi connectivity index (χ3n) is 12.1. The van der Waals surface area contributed by atoms with E-state index < -0.39 is 25.2 Å². The molecule has 0 aromatic heterocycles. The maximum absolute atomic E-state index is 12.1. The van der Waals surface area contributed by atoms with Crippen molar-refractivity contribution in [2.75, 3.05) is 26.4 Å². The van der Waals surface area contributed by atoms with Crippen molar-refractivity contribution < 1.29 is 29.3 Å². The molecule has 2 fully saturated rings. The summed E-state index contributed by atoms with van der Waals surface area (Å²) in [6, 6.07) is 14.4. The lowest BCUT2D eigenvalue weighted by molar-refractivity contribution is -0.144. The van der Waals surface area contributed by atoms with Gasteiger partial charge in [-0.3, -0.25) is 0 Å². The van der Waals surface area contributed by atoms with E-state index in [2.05, 4.69) is 70.3 Å². The molecule has 2 aromatic carbocycles. The summed E-state index contributed by atoms with van der Waals surface area (Å²) < 4.78 is 10.7. The number of carbonyl (C=O) groups excluding carboxylic acids is 2. The fraction of sp³-hybridized carbons (Fsp3) is 0.609. The second kappa shape index (κ2) is 21.5. The Morgan fingerprint density at radius 2 is 1.27 bits per heavy atom. The molecule has 2 N–H and O–H groups in total. The molecule has 0 amide bonds. The normalized spacial score (nSPS) is 20.4. The van der Waals surface area contributed by atoms with E-state index in [0.29, 0.717) is 12.3 Å². The van der Waals surface area contributed by atoms with Gasteiger partial charge in [0.05, 0.1) is 37.6 Å². The first-order valence-electron chi connectivity index (χ1n) is 20.4. The molecule has 0 radical (unpaired) electrons. The molecule has 0 aliphatic heterocycles. The van der Waals surface area contributed by atoms with Gasteiger partial charge in [-0.2, -0.15) is 0 Å². The van der Waals surface area contributed by atoms with Gasteiger partial charge < -0.3 is 19.7 Å². The SMILES string of the molecule is C=C(CO)C(=O)OCC(CCc1ccc(C2CCC(C3CCC(c4ccc(CCCCC)c(CC)c4)CC3)CC2)c(CC)c1)COC(=O)C(=C)CO. The van der Waals surface area contributed by atoms with Crippen LogP contribution < -0.4 is 0 Å². The zero-order chi connectivity index (χ0) is 37.5. The molecule has 52 heavy (non-hydrogen) atoms. The Balaban J connectivity index is 1.28. The van der Waals surface area contributed by atoms with Crippen LogP contribution in [-0.2, 0) is 44.7 Å². The van der Waals surface area contributed by atoms with Crippen LogP contribution in [0.2, 0.25) is 0 Å². The van der Waals surface area contributed by atoms with Gasteiger partial charge in [0, 0.05) is 5.92 Å². The lowest BCUT2D eigenvalue weighted by atomic mass is 9.67. The van der Waals surface area contributed by atoms with Crippen LogP contribution in [0.25, 0.3) is 0 Å². The highest BCUT2D eigenvalue weighted by Crippen LogP contribution is 2.46. The highest BCUT2D eigenvalue weighted by Gasteiger charge is 2.32. The summed E-state index contributed by atoms with van der Waals surface area (Å²) in [6.07, 6.45) is 19.3. The summed E-state index contributed by atoms with van der Waals surface area (Å²) in [6.45, 7) is 13.0. The summed E-state index contributed by atoms with van der Waals surface area (Å²) in [5.74, 6) is 1.50. The highest BCUT2D eigenvalue weighted by molar-refractivity contribution is 5.88. The van der Waals surface area contributed by atoms with Crippen molar-refractivity contribution in [3.63, 3.8) is 0 Å². The fourth-order valence-electron chi connectivity index (χ4n) is 8.69. The van der Waals surface area contributed by atoms with Crippen LogP contribution >= 0.6 is 0 Å². The Morgan fingerprint density at radius 1 is 0.692 bits per heavy atom. The number of hydrogen-bond acceptors (Lipinski definition) is 6. The summed E-state index contributed by atoms with van der Waals surface area (Å²) in [5.41, 5.74) is 8.83. The average molecular weight is 715 g/mol. The predicted octanol–water partition coefficient (Wildman–Crippen LogP) is 9.52. The predicted molar refractivity (Wildman–Crippen MR) is 210 cm³/mol. The molecule has 2 aromatic rings. The molecule has 0 spiro atoms. The van der Waals surface area contributed by atoms with Crippen molar-refractivity contribution in [2.24, 2.45) is 17.8 Å². The van der Waals surface area contributed by atoms with Crippen molar-refractivity contribution in [1.29, 1.82) is 0 Å². The molecular weight excluding hydrogens is 649 g/mol. The quantitative estimate of drug-likeness (QED) is 0.0807. The summed E-state index contributed by atoms with van der Waals surface area (Å²) in [4.78, 5) is 24.2. The van der Waals surface area contributed by atoms with Crippen LogP contribution in [0, 0.1) is 17.8 Å². The lowest BCUT2D eigenvalue weighted by Crippen LogP contribution is -2.25. The van der Waals surface area contributed by atoms with Gasteiger partial charge in [-0.25, -0.2) is 9.59 Å². The molecule has 0 heterocycles. The van der Waals surface area contributed by atoms with E-state index in [1.807, 2.05) is 0 Å². The summed E-state index contributed by atoms with van der Waals surface area (Å²) >= 11 is 0. The number of ether oxygens (including phenoxy) is 2. The number of esters is 2. The Morgan fingerprint density at radius 3 is 1.81 bits per heavy atom. The zero-order valence-electron chi connectivity index (χ0n) is 32.4. The molecule has 0 unspecified atom stereocenters. The second-order valence-corrected chi connectivity index (χ2v) is 15.6. The van der Waals surface area contributed by atoms with Crippen LogP contribution in [0.5, 0.6) is 0 Å². The van der Waals surface area contributed by atoms with Gasteiger partial charge in [0.1, 0.15) is 0 Å². The number of benzene rings is 2. The molecule has 0 saturated heterocycles. The number of aryl methyl sites for hydroxylation is 4. The second-order valence-electron chi connectivity index (χ2n) is 15.6. The van der Waals surface area contributed by atoms with Gasteiger partial charge in [-0.05, 0) is 147 Å². The molecule has 2 aliphatic carbocycles. The summed E-state index contributed by atoms with van der Waals surface area (Å²) in [7, 11) is 0. The van der Waals surface area contributed by atoms with Crippen molar-refractivity contribution in [2.45, 2.75) is 135 Å². The molecule has 2 saturated carbocycles. The first kappa shape index (κ1) is 41.5. The van der Waals surface area contributed by atoms with Gasteiger partial charge >= 0.3 is 11.9 Å². The number of hydrogen-bond donors (Lipinski definition) is 2. The fourth-order valence-corrected chi connectivity index (χ4v) is 8.69. The molecule has 0 atom stereocenters. The zero-order valence-corrected chi connectivity index (χ0v) is 32.4. The smallest absolute Gasteiger partial charge is 0.335 e. The van der Waals surface area contributed by atoms with Crippen molar-refractivity contribution in [1.82, 2.24) is 0 Å². The van der Waals surface area contributed by atoms with Gasteiger partial charge in [0.25, 0.3) is 0 Å². The minimum absolute atomic E-state index is 0.0196. The molecule has 0 bridgehead atoms. The van der Waals surface area contributed by atoms with Crippen LogP contribution in [0.4, 0.5) is 0 Å². The Kier molecular flexibility index (Phi) is 17.2. The van der Waals surface area contributed by atoms with Crippen molar-refractivity contribution in [3.8, 4) is 0 Å². The number of carbonyl (C=O) groups is 2. The molecule has 2 aliphatic rings. The van der Waals surface area contributed by atoms with E-state index in [1.54, 1.807) is 16.7 Å². The number of aliphatic hydroxyl groups is 2. The third-order valence-corrected chi connectivity index (χ3v) is 12.1. The van der Waals surface area contributed by atoms with Crippen LogP contribution in [0.15, 0.2) is 60.7 Å². The van der Waals surface area contributed by atoms with Crippen molar-refractivity contribution >= 4 is 11.9 Å². The van der Waals surface area contributed by atoms with Gasteiger partial charge in [-0.15, -0.1) is 0 Å². The van der Waals surface area contributed by atoms with E-state index in [-0.39, 0.29) is 30.3 Å². The number of rotatable bonds is 20. The highest BCUT2D eigenvalue weighted by atomic mass is 16.5. The largest absolute Gasteiger partial charge is 0.462 e. The van der Waals surface area contributed by atoms with Crippen LogP contribution in [-0.4, -0.2) is 48.6 Å². The van der Waals surface area contributed by atoms with Gasteiger partial charge in [0.15, 0.2) is 0 Å². The Bertz CT molecular complexity index is 1430. The van der Waals surface area contributed by atoms with Gasteiger partial charge in [-0.1, -0.05) is 83.2 Å². The maximum Gasteiger partial charge on any atom is 0.335 e. The van der Waals surface area contributed by atoms with E-state index in [9.17, 15) is 19.8 Å². The Labute approximate surface area is 314 Å². The molecule has 6 nitrogen and oxygen atoms in total. The third kappa shape index (κ3) is 11.9. The molecule has 4 rings (SSSR count). The first-order chi connectivity index (χ1) is 25.2. The molecule has 6 heteroatoms. The van der Waals surface area contributed by atoms with E-state index in [1.165, 1.54) is 93.7 Å². The summed E-state index contributed by atoms with van der Waals surface area (Å²) in [5, 5.41) is 18.4. The number of aliphatic hydroxyl groups excluding tert-OH is 2. The van der Waals surface area contributed by atoms with E-state index >= 15 is 0 Å². The molecule has 286 valence electrons. The maximum atomic E-state index is 12.1. The van der Waals surface area contributed by atoms with Crippen LogP contribution in [0.1, 0.15) is 143 Å². The van der Waals surface area contributed by atoms with Gasteiger partial charge in [0.2, 0.25) is 0 Å². The van der Waals surface area contributed by atoms with Crippen molar-refractivity contribution in [3.05, 3.63) is 94.1 Å². The minimum Gasteiger partial charge on any atom is -0.462 e. The van der Waals surface area contributed by atoms with Crippen LogP contribution in [0.3, 0.4) is 0 Å². The topological polar surface area (TPSA) is 93.1 Å². The average Bonchev–Trinajstić information content (AvgIpc) is 3.19. The van der Waals surface area contributed by atoms with E-state index in [0.717, 1.165) is 37.0 Å². The van der Waals surface area contributed by atoms with E-state index in [4.69, 9.17) is 9.47 Å². The standard InChI is InChI=1S/C46H66O6/c1-6-9-10-11-38-21-24-43(27-36(38)7-2)41-17-15-39(16-18-41)40-19-22-42(23-20-40)44-25-14-34(26-37(44)8-3)12-13-35(30-51-45(49)32(4)28-47)31-52-46(50)33(5)29-48/h14,21,24-27,35,39-42,47-48H,4-13,15-20,22-23,28-31H2,1-3H3.